The Morgan fingerprint density at radius 3 is 2.86 bits per heavy atom. The van der Waals surface area contributed by atoms with E-state index in [9.17, 15) is 4.79 Å². The molecule has 0 spiro atoms. The van der Waals surface area contributed by atoms with Crippen molar-refractivity contribution in [3.05, 3.63) is 16.6 Å². The number of rotatable bonds is 8. The van der Waals surface area contributed by atoms with Gasteiger partial charge in [0, 0.05) is 12.3 Å². The number of H-pyrrole nitrogens is 1. The minimum absolute atomic E-state index is 0.0320. The van der Waals surface area contributed by atoms with Crippen molar-refractivity contribution in [3.8, 4) is 0 Å². The molecule has 21 heavy (non-hydrogen) atoms. The van der Waals surface area contributed by atoms with Crippen LogP contribution in [0.25, 0.3) is 11.0 Å². The first-order valence-electron chi connectivity index (χ1n) is 7.11. The van der Waals surface area contributed by atoms with Gasteiger partial charge in [0.05, 0.1) is 19.3 Å². The first-order chi connectivity index (χ1) is 10.2. The van der Waals surface area contributed by atoms with Gasteiger partial charge in [-0.15, -0.1) is 0 Å². The first kappa shape index (κ1) is 16.0. The number of aliphatic hydroxyl groups is 1. The van der Waals surface area contributed by atoms with Gasteiger partial charge >= 0.3 is 0 Å². The summed E-state index contributed by atoms with van der Waals surface area (Å²) in [5, 5.41) is 14.1. The second-order valence-electron chi connectivity index (χ2n) is 4.58. The number of fused-ring (bicyclic) bond motifs is 1. The second-order valence-corrected chi connectivity index (χ2v) is 5.66. The van der Waals surface area contributed by atoms with Crippen molar-refractivity contribution in [1.82, 2.24) is 24.6 Å². The number of aromatic nitrogens is 4. The molecule has 0 fully saturated rings. The summed E-state index contributed by atoms with van der Waals surface area (Å²) in [6.07, 6.45) is 1.49. The van der Waals surface area contributed by atoms with Crippen LogP contribution >= 0.6 is 11.8 Å². The van der Waals surface area contributed by atoms with Crippen molar-refractivity contribution in [2.45, 2.75) is 25.5 Å². The fourth-order valence-electron chi connectivity index (χ4n) is 2.08. The summed E-state index contributed by atoms with van der Waals surface area (Å²) in [6, 6.07) is 0. The highest BCUT2D eigenvalue weighted by molar-refractivity contribution is 7.99. The zero-order valence-corrected chi connectivity index (χ0v) is 13.2. The molecule has 0 aliphatic rings. The number of hydrogen-bond acceptors (Lipinski definition) is 6. The number of thioether (sulfide) groups is 1. The van der Waals surface area contributed by atoms with E-state index in [0.29, 0.717) is 22.7 Å². The lowest BCUT2D eigenvalue weighted by Crippen LogP contribution is -2.25. The topological polar surface area (TPSA) is 87.0 Å². The fourth-order valence-corrected chi connectivity index (χ4v) is 2.94. The third-order valence-electron chi connectivity index (χ3n) is 3.34. The zero-order valence-electron chi connectivity index (χ0n) is 12.4. The quantitative estimate of drug-likeness (QED) is 0.547. The maximum Gasteiger partial charge on any atom is 0.262 e. The highest BCUT2D eigenvalue weighted by Gasteiger charge is 2.10. The van der Waals surface area contributed by atoms with Gasteiger partial charge in [0.2, 0.25) is 0 Å². The van der Waals surface area contributed by atoms with Crippen LogP contribution in [-0.4, -0.2) is 61.7 Å². The molecule has 2 N–H and O–H groups in total. The van der Waals surface area contributed by atoms with Gasteiger partial charge in [-0.25, -0.2) is 9.67 Å². The summed E-state index contributed by atoms with van der Waals surface area (Å²) < 4.78 is 1.55. The molecule has 0 bridgehead atoms. The van der Waals surface area contributed by atoms with E-state index in [1.54, 1.807) is 4.68 Å². The Kier molecular flexibility index (Phi) is 5.77. The lowest BCUT2D eigenvalue weighted by atomic mass is 10.4. The summed E-state index contributed by atoms with van der Waals surface area (Å²) >= 11 is 1.53. The summed E-state index contributed by atoms with van der Waals surface area (Å²) in [6.45, 7) is 7.56. The normalized spacial score (nSPS) is 11.6. The van der Waals surface area contributed by atoms with Crippen LogP contribution in [0.5, 0.6) is 0 Å². The van der Waals surface area contributed by atoms with Gasteiger partial charge in [-0.1, -0.05) is 25.6 Å². The van der Waals surface area contributed by atoms with Gasteiger partial charge in [0.1, 0.15) is 5.39 Å². The highest BCUT2D eigenvalue weighted by Crippen LogP contribution is 2.14. The van der Waals surface area contributed by atoms with Crippen molar-refractivity contribution in [3.63, 3.8) is 0 Å². The Labute approximate surface area is 127 Å². The maximum absolute atomic E-state index is 12.0. The predicted molar refractivity (Wildman–Crippen MR) is 83.7 cm³/mol. The van der Waals surface area contributed by atoms with Crippen LogP contribution < -0.4 is 5.56 Å². The molecular formula is C13H21N5O2S. The Bertz CT molecular complexity index is 635. The van der Waals surface area contributed by atoms with Crippen molar-refractivity contribution < 1.29 is 5.11 Å². The van der Waals surface area contributed by atoms with Crippen LogP contribution in [0.4, 0.5) is 0 Å². The van der Waals surface area contributed by atoms with E-state index < -0.39 is 0 Å². The molecule has 0 saturated heterocycles. The van der Waals surface area contributed by atoms with E-state index in [1.807, 2.05) is 0 Å². The third kappa shape index (κ3) is 3.84. The molecule has 0 atom stereocenters. The second kappa shape index (κ2) is 7.58. The van der Waals surface area contributed by atoms with Crippen LogP contribution in [-0.2, 0) is 6.54 Å². The van der Waals surface area contributed by atoms with Crippen molar-refractivity contribution in [2.24, 2.45) is 0 Å². The van der Waals surface area contributed by atoms with Crippen molar-refractivity contribution in [2.75, 3.05) is 32.0 Å². The minimum Gasteiger partial charge on any atom is -0.394 e. The molecular weight excluding hydrogens is 290 g/mol. The number of aliphatic hydroxyl groups excluding tert-OH is 1. The largest absolute Gasteiger partial charge is 0.394 e. The van der Waals surface area contributed by atoms with Crippen molar-refractivity contribution >= 4 is 22.8 Å². The van der Waals surface area contributed by atoms with E-state index >= 15 is 0 Å². The molecule has 2 rings (SSSR count). The minimum atomic E-state index is -0.186. The smallest absolute Gasteiger partial charge is 0.262 e. The molecule has 0 saturated carbocycles. The molecule has 0 aliphatic carbocycles. The Balaban J connectivity index is 2.13. The molecule has 0 unspecified atom stereocenters. The SMILES string of the molecule is CCN(CC)CCSc1nc2c(cnn2CCO)c(=O)[nH]1. The Morgan fingerprint density at radius 1 is 1.43 bits per heavy atom. The van der Waals surface area contributed by atoms with Crippen molar-refractivity contribution in [1.29, 1.82) is 0 Å². The lowest BCUT2D eigenvalue weighted by Gasteiger charge is -2.16. The first-order valence-corrected chi connectivity index (χ1v) is 8.10. The van der Waals surface area contributed by atoms with Gasteiger partial charge in [-0.3, -0.25) is 4.79 Å². The highest BCUT2D eigenvalue weighted by atomic mass is 32.2. The van der Waals surface area contributed by atoms with Crippen LogP contribution in [0.2, 0.25) is 0 Å². The molecule has 8 heteroatoms. The Morgan fingerprint density at radius 2 is 2.19 bits per heavy atom. The number of aromatic amines is 1. The monoisotopic (exact) mass is 311 g/mol. The lowest BCUT2D eigenvalue weighted by molar-refractivity contribution is 0.271. The van der Waals surface area contributed by atoms with E-state index in [2.05, 4.69) is 33.8 Å². The molecule has 0 aliphatic heterocycles. The van der Waals surface area contributed by atoms with E-state index in [0.717, 1.165) is 25.4 Å². The van der Waals surface area contributed by atoms with Crippen LogP contribution in [0.15, 0.2) is 16.1 Å². The predicted octanol–water partition coefficient (Wildman–Crippen LogP) is 0.546. The number of hydrogen-bond donors (Lipinski definition) is 2. The average Bonchev–Trinajstić information content (AvgIpc) is 2.88. The summed E-state index contributed by atoms with van der Waals surface area (Å²) in [7, 11) is 0. The number of nitrogens with zero attached hydrogens (tertiary/aromatic N) is 4. The van der Waals surface area contributed by atoms with E-state index in [-0.39, 0.29) is 12.2 Å². The molecule has 116 valence electrons. The van der Waals surface area contributed by atoms with Crippen LogP contribution in [0.3, 0.4) is 0 Å². The van der Waals surface area contributed by atoms with Crippen LogP contribution in [0.1, 0.15) is 13.8 Å². The summed E-state index contributed by atoms with van der Waals surface area (Å²) in [4.78, 5) is 21.5. The van der Waals surface area contributed by atoms with Gasteiger partial charge in [-0.2, -0.15) is 5.10 Å². The van der Waals surface area contributed by atoms with E-state index in [1.165, 1.54) is 18.0 Å². The van der Waals surface area contributed by atoms with Gasteiger partial charge in [0.15, 0.2) is 10.8 Å². The summed E-state index contributed by atoms with van der Waals surface area (Å²) in [5.74, 6) is 0.865. The molecule has 2 heterocycles. The third-order valence-corrected chi connectivity index (χ3v) is 4.19. The molecule has 2 aromatic heterocycles. The molecule has 2 aromatic rings. The standard InChI is InChI=1S/C13H21N5O2S/c1-3-17(4-2)6-8-21-13-15-11-10(12(20)16-13)9-14-18(11)5-7-19/h9,19H,3-8H2,1-2H3,(H,15,16,20). The van der Waals surface area contributed by atoms with Crippen LogP contribution in [0, 0.1) is 0 Å². The number of nitrogens with one attached hydrogen (secondary N) is 1. The maximum atomic E-state index is 12.0. The summed E-state index contributed by atoms with van der Waals surface area (Å²) in [5.41, 5.74) is 0.340. The van der Waals surface area contributed by atoms with E-state index in [4.69, 9.17) is 5.11 Å². The van der Waals surface area contributed by atoms with Gasteiger partial charge in [-0.05, 0) is 13.1 Å². The molecule has 0 aromatic carbocycles. The average molecular weight is 311 g/mol. The Hall–Kier alpha value is -1.38. The molecule has 7 nitrogen and oxygen atoms in total. The van der Waals surface area contributed by atoms with Gasteiger partial charge in [0.25, 0.3) is 5.56 Å². The fraction of sp³-hybridized carbons (Fsp3) is 0.615. The molecule has 0 radical (unpaired) electrons. The zero-order chi connectivity index (χ0) is 15.2. The molecule has 0 amide bonds. The van der Waals surface area contributed by atoms with Gasteiger partial charge < -0.3 is 15.0 Å².